The van der Waals surface area contributed by atoms with Crippen LogP contribution in [-0.4, -0.2) is 53.1 Å². The molecular weight excluding hydrogens is 423 g/mol. The number of carbonyl (C=O) groups excluding carboxylic acids is 1. The number of amides is 1. The molecule has 33 heavy (non-hydrogen) atoms. The van der Waals surface area contributed by atoms with E-state index in [1.54, 1.807) is 12.1 Å². The highest BCUT2D eigenvalue weighted by atomic mass is 19.1. The predicted molar refractivity (Wildman–Crippen MR) is 122 cm³/mol. The van der Waals surface area contributed by atoms with Crippen LogP contribution in [-0.2, 0) is 35.7 Å². The van der Waals surface area contributed by atoms with Gasteiger partial charge in [-0.15, -0.1) is 0 Å². The van der Waals surface area contributed by atoms with Crippen LogP contribution in [0.5, 0.6) is 0 Å². The van der Waals surface area contributed by atoms with Gasteiger partial charge in [0.1, 0.15) is 23.9 Å². The molecule has 1 aromatic heterocycles. The summed E-state index contributed by atoms with van der Waals surface area (Å²) in [6, 6.07) is 20.0. The van der Waals surface area contributed by atoms with Crippen molar-refractivity contribution in [3.05, 3.63) is 95.2 Å². The third-order valence-corrected chi connectivity index (χ3v) is 5.74. The maximum absolute atomic E-state index is 13.6. The molecule has 174 valence electrons. The van der Waals surface area contributed by atoms with Gasteiger partial charge in [0.15, 0.2) is 0 Å². The molecule has 1 saturated heterocycles. The number of aliphatic hydroxyl groups is 1. The van der Waals surface area contributed by atoms with E-state index >= 15 is 0 Å². The predicted octanol–water partition coefficient (Wildman–Crippen LogP) is 3.38. The largest absolute Gasteiger partial charge is 0.462 e. The summed E-state index contributed by atoms with van der Waals surface area (Å²) in [4.78, 5) is 16.9. The Bertz CT molecular complexity index is 1040. The lowest BCUT2D eigenvalue weighted by atomic mass is 10.1. The summed E-state index contributed by atoms with van der Waals surface area (Å²) in [5.41, 5.74) is 1.93. The number of rotatable bonds is 9. The summed E-state index contributed by atoms with van der Waals surface area (Å²) >= 11 is 0. The zero-order chi connectivity index (χ0) is 23.0. The average Bonchev–Trinajstić information content (AvgIpc) is 3.21. The Morgan fingerprint density at radius 3 is 2.55 bits per heavy atom. The van der Waals surface area contributed by atoms with Crippen molar-refractivity contribution in [2.24, 2.45) is 0 Å². The number of furan rings is 1. The molecule has 1 aliphatic rings. The van der Waals surface area contributed by atoms with Gasteiger partial charge < -0.3 is 19.2 Å². The fourth-order valence-corrected chi connectivity index (χ4v) is 4.05. The first-order chi connectivity index (χ1) is 16.1. The number of halogens is 1. The van der Waals surface area contributed by atoms with Gasteiger partial charge in [0.2, 0.25) is 5.91 Å². The molecule has 0 saturated carbocycles. The van der Waals surface area contributed by atoms with Crippen LogP contribution in [0.4, 0.5) is 4.39 Å². The quantitative estimate of drug-likeness (QED) is 0.539. The molecule has 1 atom stereocenters. The smallest absolute Gasteiger partial charge is 0.236 e. The van der Waals surface area contributed by atoms with Crippen molar-refractivity contribution in [2.45, 2.75) is 32.3 Å². The molecular formula is C26H29FN2O4. The minimum absolute atomic E-state index is 0.0386. The van der Waals surface area contributed by atoms with Gasteiger partial charge >= 0.3 is 0 Å². The Labute approximate surface area is 193 Å². The zero-order valence-electron chi connectivity index (χ0n) is 18.5. The Hall–Kier alpha value is -3.00. The molecule has 1 unspecified atom stereocenters. The molecule has 1 N–H and O–H groups in total. The van der Waals surface area contributed by atoms with Gasteiger partial charge in [-0.25, -0.2) is 4.39 Å². The van der Waals surface area contributed by atoms with Crippen LogP contribution in [0, 0.1) is 5.82 Å². The number of carbonyl (C=O) groups is 1. The molecule has 0 spiro atoms. The summed E-state index contributed by atoms with van der Waals surface area (Å²) in [5.74, 6) is 0.926. The third kappa shape index (κ3) is 6.74. The summed E-state index contributed by atoms with van der Waals surface area (Å²) < 4.78 is 25.3. The molecule has 0 aliphatic carbocycles. The lowest BCUT2D eigenvalue weighted by Gasteiger charge is -2.25. The summed E-state index contributed by atoms with van der Waals surface area (Å²) in [5, 5.41) is 9.26. The second-order valence-electron chi connectivity index (χ2n) is 8.33. The van der Waals surface area contributed by atoms with E-state index in [-0.39, 0.29) is 37.6 Å². The molecule has 0 bridgehead atoms. The molecule has 2 heterocycles. The highest BCUT2D eigenvalue weighted by molar-refractivity contribution is 5.78. The monoisotopic (exact) mass is 452 g/mol. The van der Waals surface area contributed by atoms with Gasteiger partial charge in [-0.2, -0.15) is 0 Å². The minimum Gasteiger partial charge on any atom is -0.462 e. The maximum atomic E-state index is 13.6. The zero-order valence-corrected chi connectivity index (χ0v) is 18.5. The van der Waals surface area contributed by atoms with E-state index < -0.39 is 0 Å². The van der Waals surface area contributed by atoms with Crippen LogP contribution in [0.25, 0.3) is 0 Å². The van der Waals surface area contributed by atoms with Crippen LogP contribution in [0.3, 0.4) is 0 Å². The maximum Gasteiger partial charge on any atom is 0.236 e. The lowest BCUT2D eigenvalue weighted by molar-refractivity contribution is -0.131. The number of hydrogen-bond donors (Lipinski definition) is 1. The molecule has 2 aromatic carbocycles. The van der Waals surface area contributed by atoms with Crippen LogP contribution in [0.15, 0.2) is 71.1 Å². The van der Waals surface area contributed by atoms with Crippen LogP contribution >= 0.6 is 0 Å². The molecule has 4 rings (SSSR count). The van der Waals surface area contributed by atoms with E-state index in [0.717, 1.165) is 12.0 Å². The van der Waals surface area contributed by atoms with Gasteiger partial charge in [0.05, 0.1) is 25.8 Å². The Morgan fingerprint density at radius 1 is 1.00 bits per heavy atom. The lowest BCUT2D eigenvalue weighted by Crippen LogP contribution is -2.39. The first-order valence-corrected chi connectivity index (χ1v) is 11.2. The minimum atomic E-state index is -0.296. The van der Waals surface area contributed by atoms with E-state index in [1.807, 2.05) is 40.1 Å². The summed E-state index contributed by atoms with van der Waals surface area (Å²) in [7, 11) is 0. The molecule has 1 amide bonds. The van der Waals surface area contributed by atoms with Crippen molar-refractivity contribution < 1.29 is 23.4 Å². The summed E-state index contributed by atoms with van der Waals surface area (Å²) in [6.45, 7) is 2.42. The van der Waals surface area contributed by atoms with Crippen molar-refractivity contribution in [1.29, 1.82) is 0 Å². The Kier molecular flexibility index (Phi) is 7.88. The van der Waals surface area contributed by atoms with Gasteiger partial charge in [0, 0.05) is 19.6 Å². The standard InChI is InChI=1S/C26H29FN2O4/c27-22-8-4-7-21(13-22)19-32-25-15-28(14-23-9-10-24(18-30)33-23)17-26(31)29(16-25)12-11-20-5-2-1-3-6-20/h1-10,13,25,30H,11-12,14-19H2. The molecule has 1 aliphatic heterocycles. The number of hydrogen-bond acceptors (Lipinski definition) is 5. The Morgan fingerprint density at radius 2 is 1.79 bits per heavy atom. The molecule has 7 heteroatoms. The Balaban J connectivity index is 1.45. The number of ether oxygens (including phenoxy) is 1. The highest BCUT2D eigenvalue weighted by Crippen LogP contribution is 2.17. The topological polar surface area (TPSA) is 66.2 Å². The van der Waals surface area contributed by atoms with Crippen molar-refractivity contribution in [3.63, 3.8) is 0 Å². The van der Waals surface area contributed by atoms with Crippen molar-refractivity contribution >= 4 is 5.91 Å². The highest BCUT2D eigenvalue weighted by Gasteiger charge is 2.29. The SMILES string of the molecule is O=C1CN(Cc2ccc(CO)o2)CC(OCc2cccc(F)c2)CN1CCc1ccccc1. The van der Waals surface area contributed by atoms with Gasteiger partial charge in [0.25, 0.3) is 0 Å². The second-order valence-corrected chi connectivity index (χ2v) is 8.33. The van der Waals surface area contributed by atoms with Gasteiger partial charge in [-0.3, -0.25) is 9.69 Å². The average molecular weight is 453 g/mol. The molecule has 1 fully saturated rings. The second kappa shape index (κ2) is 11.2. The summed E-state index contributed by atoms with van der Waals surface area (Å²) in [6.07, 6.45) is 0.532. The fraction of sp³-hybridized carbons (Fsp3) is 0.346. The van der Waals surface area contributed by atoms with Crippen LogP contribution in [0.1, 0.15) is 22.6 Å². The number of aliphatic hydroxyl groups excluding tert-OH is 1. The van der Waals surface area contributed by atoms with Crippen molar-refractivity contribution in [2.75, 3.05) is 26.2 Å². The van der Waals surface area contributed by atoms with Crippen molar-refractivity contribution in [1.82, 2.24) is 9.80 Å². The van der Waals surface area contributed by atoms with E-state index in [0.29, 0.717) is 37.7 Å². The molecule has 6 nitrogen and oxygen atoms in total. The number of nitrogens with zero attached hydrogens (tertiary/aromatic N) is 2. The first kappa shape index (κ1) is 23.2. The first-order valence-electron chi connectivity index (χ1n) is 11.2. The molecule has 3 aromatic rings. The van der Waals surface area contributed by atoms with Gasteiger partial charge in [-0.05, 0) is 41.8 Å². The normalized spacial score (nSPS) is 17.3. The van der Waals surface area contributed by atoms with Crippen LogP contribution in [0.2, 0.25) is 0 Å². The van der Waals surface area contributed by atoms with Crippen molar-refractivity contribution in [3.8, 4) is 0 Å². The van der Waals surface area contributed by atoms with Gasteiger partial charge in [-0.1, -0.05) is 42.5 Å². The third-order valence-electron chi connectivity index (χ3n) is 5.74. The fourth-order valence-electron chi connectivity index (χ4n) is 4.05. The van der Waals surface area contributed by atoms with E-state index in [2.05, 4.69) is 12.1 Å². The molecule has 0 radical (unpaired) electrons. The van der Waals surface area contributed by atoms with E-state index in [4.69, 9.17) is 9.15 Å². The van der Waals surface area contributed by atoms with E-state index in [1.165, 1.54) is 17.7 Å². The van der Waals surface area contributed by atoms with E-state index in [9.17, 15) is 14.3 Å². The van der Waals surface area contributed by atoms with Crippen LogP contribution < -0.4 is 0 Å². The number of benzene rings is 2.